The lowest BCUT2D eigenvalue weighted by Crippen LogP contribution is -2.62. The Morgan fingerprint density at radius 1 is 1.53 bits per heavy atom. The zero-order valence-electron chi connectivity index (χ0n) is 10.2. The Kier molecular flexibility index (Phi) is 3.63. The maximum Gasteiger partial charge on any atom is 0.246 e. The topological polar surface area (TPSA) is 83.6 Å². The average molecular weight is 353 g/mol. The summed E-state index contributed by atoms with van der Waals surface area (Å²) in [5, 5.41) is 9.84. The van der Waals surface area contributed by atoms with Gasteiger partial charge in [-0.3, -0.25) is 0 Å². The Labute approximate surface area is 119 Å². The summed E-state index contributed by atoms with van der Waals surface area (Å²) in [6.07, 6.45) is 0.447. The molecule has 0 atom stereocenters. The summed E-state index contributed by atoms with van der Waals surface area (Å²) in [5.74, 6) is -0.874. The quantitative estimate of drug-likeness (QED) is 0.803. The number of benzene rings is 1. The number of hydrogen-bond acceptors (Lipinski definition) is 4. The van der Waals surface area contributed by atoms with E-state index in [4.69, 9.17) is 5.73 Å². The Morgan fingerprint density at radius 2 is 2.11 bits per heavy atom. The summed E-state index contributed by atoms with van der Waals surface area (Å²) in [7, 11) is -3.97. The predicted octanol–water partition coefficient (Wildman–Crippen LogP) is 1.32. The van der Waals surface area contributed by atoms with Crippen LogP contribution in [0.4, 0.5) is 10.1 Å². The summed E-state index contributed by atoms with van der Waals surface area (Å²) in [6, 6.07) is 2.38. The van der Waals surface area contributed by atoms with E-state index in [1.807, 2.05) is 0 Å². The third kappa shape index (κ3) is 2.49. The number of hydrogen-bond donors (Lipinski definition) is 2. The fourth-order valence-corrected chi connectivity index (χ4v) is 4.24. The predicted molar refractivity (Wildman–Crippen MR) is 72.5 cm³/mol. The van der Waals surface area contributed by atoms with Crippen molar-refractivity contribution in [2.75, 3.05) is 18.8 Å². The number of nitrogens with two attached hydrogens (primary N) is 1. The van der Waals surface area contributed by atoms with Crippen molar-refractivity contribution < 1.29 is 17.9 Å². The van der Waals surface area contributed by atoms with Crippen LogP contribution in [0.1, 0.15) is 13.3 Å². The van der Waals surface area contributed by atoms with Crippen LogP contribution >= 0.6 is 15.9 Å². The summed E-state index contributed by atoms with van der Waals surface area (Å²) < 4.78 is 39.4. The van der Waals surface area contributed by atoms with Gasteiger partial charge in [-0.1, -0.05) is 6.92 Å². The molecule has 106 valence electrons. The SMILES string of the molecule is CCC1(O)CN(S(=O)(=O)c2cc(N)cc(Br)c2F)C1. The summed E-state index contributed by atoms with van der Waals surface area (Å²) in [4.78, 5) is -0.475. The highest BCUT2D eigenvalue weighted by Crippen LogP contribution is 2.33. The highest BCUT2D eigenvalue weighted by atomic mass is 79.9. The van der Waals surface area contributed by atoms with Gasteiger partial charge in [-0.15, -0.1) is 0 Å². The molecular formula is C11H14BrFN2O3S. The van der Waals surface area contributed by atoms with Crippen LogP contribution < -0.4 is 5.73 Å². The highest BCUT2D eigenvalue weighted by Gasteiger charge is 2.46. The minimum absolute atomic E-state index is 0.00245. The van der Waals surface area contributed by atoms with Crippen LogP contribution in [0.2, 0.25) is 0 Å². The van der Waals surface area contributed by atoms with Crippen molar-refractivity contribution in [1.29, 1.82) is 0 Å². The fraction of sp³-hybridized carbons (Fsp3) is 0.455. The number of halogens is 2. The molecule has 1 heterocycles. The second kappa shape index (κ2) is 4.69. The fourth-order valence-electron chi connectivity index (χ4n) is 1.91. The maximum absolute atomic E-state index is 13.9. The standard InChI is InChI=1S/C11H14BrFN2O3S/c1-2-11(16)5-15(6-11)19(17,18)9-4-7(14)3-8(12)10(9)13/h3-4,16H,2,5-6,14H2,1H3. The van der Waals surface area contributed by atoms with Crippen LogP contribution in [0, 0.1) is 5.82 Å². The maximum atomic E-state index is 13.9. The van der Waals surface area contributed by atoms with Gasteiger partial charge in [0.05, 0.1) is 10.1 Å². The molecule has 5 nitrogen and oxygen atoms in total. The van der Waals surface area contributed by atoms with E-state index in [-0.39, 0.29) is 23.2 Å². The van der Waals surface area contributed by atoms with Gasteiger partial charge in [-0.2, -0.15) is 4.31 Å². The first kappa shape index (κ1) is 14.7. The third-order valence-corrected chi connectivity index (χ3v) is 5.60. The van der Waals surface area contributed by atoms with E-state index >= 15 is 0 Å². The lowest BCUT2D eigenvalue weighted by molar-refractivity contribution is -0.0614. The Morgan fingerprint density at radius 3 is 2.63 bits per heavy atom. The van der Waals surface area contributed by atoms with Gasteiger partial charge in [0, 0.05) is 18.8 Å². The van der Waals surface area contributed by atoms with Gasteiger partial charge in [0.2, 0.25) is 10.0 Å². The van der Waals surface area contributed by atoms with Crippen LogP contribution in [0.15, 0.2) is 21.5 Å². The van der Waals surface area contributed by atoms with Gasteiger partial charge in [0.15, 0.2) is 5.82 Å². The van der Waals surface area contributed by atoms with Crippen molar-refractivity contribution in [2.24, 2.45) is 0 Å². The lowest BCUT2D eigenvalue weighted by Gasteiger charge is -2.44. The number of rotatable bonds is 3. The van der Waals surface area contributed by atoms with E-state index in [9.17, 15) is 17.9 Å². The minimum atomic E-state index is -3.97. The average Bonchev–Trinajstić information content (AvgIpc) is 2.29. The van der Waals surface area contributed by atoms with Crippen LogP contribution in [-0.2, 0) is 10.0 Å². The van der Waals surface area contributed by atoms with Gasteiger partial charge < -0.3 is 10.8 Å². The molecule has 1 aliphatic rings. The molecule has 0 spiro atoms. The van der Waals surface area contributed by atoms with Crippen LogP contribution in [-0.4, -0.2) is 36.5 Å². The van der Waals surface area contributed by atoms with Crippen LogP contribution in [0.3, 0.4) is 0 Å². The molecule has 0 saturated carbocycles. The van der Waals surface area contributed by atoms with Crippen molar-refractivity contribution in [3.63, 3.8) is 0 Å². The summed E-state index contributed by atoms with van der Waals surface area (Å²) in [6.45, 7) is 1.71. The van der Waals surface area contributed by atoms with Crippen molar-refractivity contribution in [3.8, 4) is 0 Å². The van der Waals surface area contributed by atoms with Crippen molar-refractivity contribution in [2.45, 2.75) is 23.8 Å². The molecular weight excluding hydrogens is 339 g/mol. The first-order valence-electron chi connectivity index (χ1n) is 5.67. The van der Waals surface area contributed by atoms with E-state index in [1.54, 1.807) is 6.92 Å². The zero-order chi connectivity index (χ0) is 14.4. The van der Waals surface area contributed by atoms with Crippen molar-refractivity contribution in [1.82, 2.24) is 4.31 Å². The monoisotopic (exact) mass is 352 g/mol. The molecule has 1 saturated heterocycles. The molecule has 1 aromatic carbocycles. The molecule has 8 heteroatoms. The molecule has 0 aliphatic carbocycles. The Bertz CT molecular complexity index is 615. The highest BCUT2D eigenvalue weighted by molar-refractivity contribution is 9.10. The Hall–Kier alpha value is -0.700. The van der Waals surface area contributed by atoms with Gasteiger partial charge in [-0.05, 0) is 34.5 Å². The molecule has 19 heavy (non-hydrogen) atoms. The Balaban J connectivity index is 2.37. The third-order valence-electron chi connectivity index (χ3n) is 3.23. The van der Waals surface area contributed by atoms with E-state index < -0.39 is 26.3 Å². The number of anilines is 1. The lowest BCUT2D eigenvalue weighted by atomic mass is 9.94. The van der Waals surface area contributed by atoms with Gasteiger partial charge in [0.25, 0.3) is 0 Å². The van der Waals surface area contributed by atoms with Crippen LogP contribution in [0.25, 0.3) is 0 Å². The van der Waals surface area contributed by atoms with Gasteiger partial charge >= 0.3 is 0 Å². The molecule has 0 unspecified atom stereocenters. The molecule has 1 fully saturated rings. The first-order valence-corrected chi connectivity index (χ1v) is 7.90. The summed E-state index contributed by atoms with van der Waals surface area (Å²) in [5.41, 5.74) is 4.67. The van der Waals surface area contributed by atoms with E-state index in [0.29, 0.717) is 6.42 Å². The molecule has 0 bridgehead atoms. The van der Waals surface area contributed by atoms with E-state index in [1.165, 1.54) is 6.07 Å². The molecule has 3 N–H and O–H groups in total. The van der Waals surface area contributed by atoms with Gasteiger partial charge in [0.1, 0.15) is 4.90 Å². The molecule has 1 aromatic rings. The number of β-amino-alcohol motifs (C(OH)–C–C–N with tert-alkyl or cyclic N) is 1. The van der Waals surface area contributed by atoms with E-state index in [2.05, 4.69) is 15.9 Å². The minimum Gasteiger partial charge on any atom is -0.399 e. The number of nitrogen functional groups attached to an aromatic ring is 1. The smallest absolute Gasteiger partial charge is 0.246 e. The second-order valence-electron chi connectivity index (χ2n) is 4.67. The van der Waals surface area contributed by atoms with Crippen molar-refractivity contribution >= 4 is 31.6 Å². The zero-order valence-corrected chi connectivity index (χ0v) is 12.6. The summed E-state index contributed by atoms with van der Waals surface area (Å²) >= 11 is 2.93. The first-order chi connectivity index (χ1) is 8.69. The number of nitrogens with zero attached hydrogens (tertiary/aromatic N) is 1. The van der Waals surface area contributed by atoms with E-state index in [0.717, 1.165) is 10.4 Å². The van der Waals surface area contributed by atoms with Gasteiger partial charge in [-0.25, -0.2) is 12.8 Å². The largest absolute Gasteiger partial charge is 0.399 e. The van der Waals surface area contributed by atoms with Crippen LogP contribution in [0.5, 0.6) is 0 Å². The molecule has 0 radical (unpaired) electrons. The molecule has 0 aromatic heterocycles. The second-order valence-corrected chi connectivity index (χ2v) is 7.43. The van der Waals surface area contributed by atoms with Crippen molar-refractivity contribution in [3.05, 3.63) is 22.4 Å². The molecule has 0 amide bonds. The molecule has 2 rings (SSSR count). The number of aliphatic hydroxyl groups is 1. The number of sulfonamides is 1. The normalized spacial score (nSPS) is 19.2. The molecule has 1 aliphatic heterocycles.